The van der Waals surface area contributed by atoms with Crippen LogP contribution < -0.4 is 14.8 Å². The number of hydrogen-bond donors (Lipinski definition) is 1. The van der Waals surface area contributed by atoms with Crippen LogP contribution in [0.3, 0.4) is 0 Å². The molecule has 2 heterocycles. The van der Waals surface area contributed by atoms with Crippen molar-refractivity contribution in [3.63, 3.8) is 0 Å². The Morgan fingerprint density at radius 3 is 2.73 bits per heavy atom. The molecule has 0 saturated carbocycles. The molecule has 0 radical (unpaired) electrons. The molecular formula is C21H28N2O3. The van der Waals surface area contributed by atoms with Crippen LogP contribution in [-0.2, 0) is 0 Å². The zero-order chi connectivity index (χ0) is 18.5. The normalized spacial score (nSPS) is 20.1. The smallest absolute Gasteiger partial charge is 0.163 e. The summed E-state index contributed by atoms with van der Waals surface area (Å²) in [7, 11) is 3.20. The van der Waals surface area contributed by atoms with Crippen molar-refractivity contribution in [3.05, 3.63) is 30.0 Å². The van der Waals surface area contributed by atoms with Crippen LogP contribution in [0.15, 0.2) is 24.4 Å². The van der Waals surface area contributed by atoms with Gasteiger partial charge in [0.15, 0.2) is 17.3 Å². The number of hydrogen-bond acceptors (Lipinski definition) is 5. The maximum atomic E-state index is 12.9. The molecule has 1 aliphatic heterocycles. The lowest BCUT2D eigenvalue weighted by Gasteiger charge is -2.31. The van der Waals surface area contributed by atoms with E-state index in [-0.39, 0.29) is 5.78 Å². The van der Waals surface area contributed by atoms with Gasteiger partial charge in [0.1, 0.15) is 0 Å². The number of fused-ring (bicyclic) bond motifs is 1. The Kier molecular flexibility index (Phi) is 6.09. The van der Waals surface area contributed by atoms with E-state index in [2.05, 4.69) is 17.2 Å². The van der Waals surface area contributed by atoms with Gasteiger partial charge in [-0.15, -0.1) is 0 Å². The van der Waals surface area contributed by atoms with Crippen LogP contribution in [0.1, 0.15) is 43.0 Å². The maximum absolute atomic E-state index is 12.9. The van der Waals surface area contributed by atoms with E-state index >= 15 is 0 Å². The van der Waals surface area contributed by atoms with Gasteiger partial charge in [-0.05, 0) is 49.9 Å². The highest BCUT2D eigenvalue weighted by atomic mass is 16.5. The summed E-state index contributed by atoms with van der Waals surface area (Å²) in [5, 5.41) is 4.29. The lowest BCUT2D eigenvalue weighted by atomic mass is 9.81. The second-order valence-electron chi connectivity index (χ2n) is 6.97. The van der Waals surface area contributed by atoms with Crippen LogP contribution in [0.2, 0.25) is 0 Å². The fourth-order valence-electron chi connectivity index (χ4n) is 4.00. The molecule has 1 fully saturated rings. The molecule has 26 heavy (non-hydrogen) atoms. The van der Waals surface area contributed by atoms with Crippen LogP contribution in [0.5, 0.6) is 11.5 Å². The highest BCUT2D eigenvalue weighted by molar-refractivity contribution is 6.07. The topological polar surface area (TPSA) is 60.5 Å². The number of benzene rings is 1. The molecule has 2 atom stereocenters. The molecule has 1 N–H and O–H groups in total. The Balaban J connectivity index is 1.81. The number of Topliss-reactive ketones (excluding diaryl/α,β-unsaturated/α-hetero) is 1. The second kappa shape index (κ2) is 8.49. The minimum atomic E-state index is 0.179. The summed E-state index contributed by atoms with van der Waals surface area (Å²) >= 11 is 0. The van der Waals surface area contributed by atoms with E-state index in [1.165, 1.54) is 6.42 Å². The number of ketones is 1. The molecule has 3 rings (SSSR count). The van der Waals surface area contributed by atoms with E-state index in [0.717, 1.165) is 42.4 Å². The predicted molar refractivity (Wildman–Crippen MR) is 103 cm³/mol. The van der Waals surface area contributed by atoms with Crippen molar-refractivity contribution >= 4 is 16.7 Å². The monoisotopic (exact) mass is 356 g/mol. The standard InChI is InChI=1S/C21H28N2O3/c1-4-14-13-22-9-7-15(14)5-6-19(24)16-8-10-23-18-12-21(26-3)20(25-2)11-17(16)18/h8,10-12,14-15,22H,4-7,9,13H2,1-3H3. The Morgan fingerprint density at radius 1 is 1.23 bits per heavy atom. The summed E-state index contributed by atoms with van der Waals surface area (Å²) in [4.78, 5) is 17.3. The zero-order valence-electron chi connectivity index (χ0n) is 15.9. The summed E-state index contributed by atoms with van der Waals surface area (Å²) < 4.78 is 10.7. The number of carbonyl (C=O) groups is 1. The molecule has 2 unspecified atom stereocenters. The summed E-state index contributed by atoms with van der Waals surface area (Å²) in [5.41, 5.74) is 1.47. The third-order valence-electron chi connectivity index (χ3n) is 5.58. The second-order valence-corrected chi connectivity index (χ2v) is 6.97. The quantitative estimate of drug-likeness (QED) is 0.764. The molecule has 1 aromatic heterocycles. The number of pyridine rings is 1. The first-order chi connectivity index (χ1) is 12.7. The average molecular weight is 356 g/mol. The van der Waals surface area contributed by atoms with E-state index in [1.807, 2.05) is 18.2 Å². The number of carbonyl (C=O) groups excluding carboxylic acids is 1. The Bertz CT molecular complexity index is 775. The van der Waals surface area contributed by atoms with Crippen molar-refractivity contribution < 1.29 is 14.3 Å². The van der Waals surface area contributed by atoms with Gasteiger partial charge < -0.3 is 14.8 Å². The first-order valence-electron chi connectivity index (χ1n) is 9.42. The van der Waals surface area contributed by atoms with E-state index in [4.69, 9.17) is 9.47 Å². The largest absolute Gasteiger partial charge is 0.493 e. The van der Waals surface area contributed by atoms with Gasteiger partial charge in [0, 0.05) is 29.6 Å². The average Bonchev–Trinajstić information content (AvgIpc) is 2.70. The number of piperidine rings is 1. The van der Waals surface area contributed by atoms with Gasteiger partial charge in [-0.25, -0.2) is 0 Å². The molecule has 140 valence electrons. The van der Waals surface area contributed by atoms with Crippen LogP contribution in [0.4, 0.5) is 0 Å². The van der Waals surface area contributed by atoms with Gasteiger partial charge in [-0.2, -0.15) is 0 Å². The molecule has 1 aromatic carbocycles. The van der Waals surface area contributed by atoms with Crippen molar-refractivity contribution in [2.45, 2.75) is 32.6 Å². The lowest BCUT2D eigenvalue weighted by molar-refractivity contribution is 0.0963. The van der Waals surface area contributed by atoms with E-state index in [0.29, 0.717) is 29.8 Å². The van der Waals surface area contributed by atoms with Gasteiger partial charge in [-0.3, -0.25) is 9.78 Å². The van der Waals surface area contributed by atoms with E-state index in [9.17, 15) is 4.79 Å². The Labute approximate surface area is 155 Å². The summed E-state index contributed by atoms with van der Waals surface area (Å²) in [6, 6.07) is 5.49. The van der Waals surface area contributed by atoms with Gasteiger partial charge in [0.25, 0.3) is 0 Å². The summed E-state index contributed by atoms with van der Waals surface area (Å²) in [6.45, 7) is 4.37. The first-order valence-corrected chi connectivity index (χ1v) is 9.42. The SMILES string of the molecule is CCC1CNCCC1CCC(=O)c1ccnc2cc(OC)c(OC)cc12. The molecule has 1 saturated heterocycles. The maximum Gasteiger partial charge on any atom is 0.163 e. The predicted octanol–water partition coefficient (Wildman–Crippen LogP) is 3.85. The fourth-order valence-corrected chi connectivity index (χ4v) is 4.00. The van der Waals surface area contributed by atoms with Crippen LogP contribution in [-0.4, -0.2) is 38.1 Å². The molecule has 2 aromatic rings. The molecule has 0 aliphatic carbocycles. The van der Waals surface area contributed by atoms with Crippen molar-refractivity contribution in [3.8, 4) is 11.5 Å². The Morgan fingerprint density at radius 2 is 2.00 bits per heavy atom. The number of methoxy groups -OCH3 is 2. The molecular weight excluding hydrogens is 328 g/mol. The molecule has 0 bridgehead atoms. The van der Waals surface area contributed by atoms with E-state index in [1.54, 1.807) is 20.4 Å². The minimum Gasteiger partial charge on any atom is -0.493 e. The van der Waals surface area contributed by atoms with Gasteiger partial charge in [0.2, 0.25) is 0 Å². The zero-order valence-corrected chi connectivity index (χ0v) is 15.9. The number of nitrogens with one attached hydrogen (secondary N) is 1. The third-order valence-corrected chi connectivity index (χ3v) is 5.58. The summed E-state index contributed by atoms with van der Waals surface area (Å²) in [5.74, 6) is 2.73. The fraction of sp³-hybridized carbons (Fsp3) is 0.524. The molecule has 0 amide bonds. The third kappa shape index (κ3) is 3.83. The highest BCUT2D eigenvalue weighted by Gasteiger charge is 2.24. The van der Waals surface area contributed by atoms with Crippen molar-refractivity contribution in [2.24, 2.45) is 11.8 Å². The van der Waals surface area contributed by atoms with Crippen molar-refractivity contribution in [1.82, 2.24) is 10.3 Å². The van der Waals surface area contributed by atoms with Gasteiger partial charge in [0.05, 0.1) is 19.7 Å². The van der Waals surface area contributed by atoms with E-state index < -0.39 is 0 Å². The number of aromatic nitrogens is 1. The van der Waals surface area contributed by atoms with Crippen LogP contribution in [0.25, 0.3) is 10.9 Å². The molecule has 1 aliphatic rings. The first kappa shape index (κ1) is 18.6. The van der Waals surface area contributed by atoms with Crippen LogP contribution in [0, 0.1) is 11.8 Å². The number of nitrogens with zero attached hydrogens (tertiary/aromatic N) is 1. The molecule has 0 spiro atoms. The summed E-state index contributed by atoms with van der Waals surface area (Å²) in [6.07, 6.45) is 5.56. The van der Waals surface area contributed by atoms with Crippen LogP contribution >= 0.6 is 0 Å². The van der Waals surface area contributed by atoms with Gasteiger partial charge >= 0.3 is 0 Å². The Hall–Kier alpha value is -2.14. The van der Waals surface area contributed by atoms with Crippen molar-refractivity contribution in [2.75, 3.05) is 27.3 Å². The molecule has 5 heteroatoms. The van der Waals surface area contributed by atoms with Gasteiger partial charge in [-0.1, -0.05) is 13.3 Å². The number of ether oxygens (including phenoxy) is 2. The lowest BCUT2D eigenvalue weighted by Crippen LogP contribution is -2.36. The molecule has 5 nitrogen and oxygen atoms in total. The number of rotatable bonds is 7. The highest BCUT2D eigenvalue weighted by Crippen LogP contribution is 2.33. The van der Waals surface area contributed by atoms with Crippen molar-refractivity contribution in [1.29, 1.82) is 0 Å². The minimum absolute atomic E-state index is 0.179.